The van der Waals surface area contributed by atoms with Crippen molar-refractivity contribution in [1.82, 2.24) is 5.32 Å². The first-order valence-corrected chi connectivity index (χ1v) is 4.45. The topological polar surface area (TPSA) is 38.3 Å². The van der Waals surface area contributed by atoms with Crippen LogP contribution in [0.25, 0.3) is 0 Å². The molecule has 0 aliphatic rings. The number of amides is 1. The van der Waals surface area contributed by atoms with Gasteiger partial charge in [-0.1, -0.05) is 13.8 Å². The molecule has 0 aromatic heterocycles. The molecule has 0 bridgehead atoms. The molecule has 1 N–H and O–H groups in total. The van der Waals surface area contributed by atoms with Gasteiger partial charge in [0.05, 0.1) is 6.61 Å². The summed E-state index contributed by atoms with van der Waals surface area (Å²) in [4.78, 5) is 10.9. The van der Waals surface area contributed by atoms with E-state index in [2.05, 4.69) is 19.2 Å². The SMILES string of the molecule is CC(C)CCOC(=O)NC(C)C. The highest BCUT2D eigenvalue weighted by Gasteiger charge is 2.03. The average Bonchev–Trinajstić information content (AvgIpc) is 1.84. The Morgan fingerprint density at radius 2 is 1.92 bits per heavy atom. The maximum atomic E-state index is 10.9. The maximum absolute atomic E-state index is 10.9. The van der Waals surface area contributed by atoms with E-state index in [0.29, 0.717) is 12.5 Å². The second kappa shape index (κ2) is 5.86. The molecular weight excluding hydrogens is 154 g/mol. The summed E-state index contributed by atoms with van der Waals surface area (Å²) in [5, 5.41) is 2.66. The van der Waals surface area contributed by atoms with E-state index in [1.54, 1.807) is 0 Å². The minimum Gasteiger partial charge on any atom is -0.450 e. The minimum atomic E-state index is -0.314. The zero-order chi connectivity index (χ0) is 9.56. The van der Waals surface area contributed by atoms with Gasteiger partial charge in [-0.2, -0.15) is 0 Å². The highest BCUT2D eigenvalue weighted by molar-refractivity contribution is 5.67. The number of carbonyl (C=O) groups excluding carboxylic acids is 1. The van der Waals surface area contributed by atoms with E-state index < -0.39 is 0 Å². The first kappa shape index (κ1) is 11.3. The van der Waals surface area contributed by atoms with Gasteiger partial charge in [-0.15, -0.1) is 0 Å². The van der Waals surface area contributed by atoms with Crippen molar-refractivity contribution in [3.05, 3.63) is 0 Å². The predicted octanol–water partition coefficient (Wildman–Crippen LogP) is 2.17. The van der Waals surface area contributed by atoms with Crippen molar-refractivity contribution in [2.45, 2.75) is 40.2 Å². The Labute approximate surface area is 74.5 Å². The standard InChI is InChI=1S/C9H19NO2/c1-7(2)5-6-12-9(11)10-8(3)4/h7-8H,5-6H2,1-4H3,(H,10,11). The van der Waals surface area contributed by atoms with Gasteiger partial charge in [0.1, 0.15) is 0 Å². The number of nitrogens with one attached hydrogen (secondary N) is 1. The molecule has 0 atom stereocenters. The molecular formula is C9H19NO2. The number of rotatable bonds is 4. The van der Waals surface area contributed by atoms with E-state index in [4.69, 9.17) is 4.74 Å². The normalized spacial score (nSPS) is 10.5. The molecule has 72 valence electrons. The molecule has 0 saturated carbocycles. The minimum absolute atomic E-state index is 0.150. The molecule has 0 saturated heterocycles. The van der Waals surface area contributed by atoms with E-state index in [9.17, 15) is 4.79 Å². The van der Waals surface area contributed by atoms with Crippen molar-refractivity contribution in [2.24, 2.45) is 5.92 Å². The van der Waals surface area contributed by atoms with Gasteiger partial charge in [0, 0.05) is 6.04 Å². The van der Waals surface area contributed by atoms with Gasteiger partial charge in [0.25, 0.3) is 0 Å². The Hall–Kier alpha value is -0.730. The smallest absolute Gasteiger partial charge is 0.407 e. The van der Waals surface area contributed by atoms with Crippen LogP contribution in [0.4, 0.5) is 4.79 Å². The fourth-order valence-electron chi connectivity index (χ4n) is 0.665. The Balaban J connectivity index is 3.32. The van der Waals surface area contributed by atoms with Crippen molar-refractivity contribution in [2.75, 3.05) is 6.61 Å². The van der Waals surface area contributed by atoms with E-state index in [0.717, 1.165) is 6.42 Å². The summed E-state index contributed by atoms with van der Waals surface area (Å²) >= 11 is 0. The Kier molecular flexibility index (Phi) is 5.51. The molecule has 0 aromatic rings. The lowest BCUT2D eigenvalue weighted by Crippen LogP contribution is -2.31. The molecule has 0 aromatic carbocycles. The highest BCUT2D eigenvalue weighted by atomic mass is 16.5. The van der Waals surface area contributed by atoms with Crippen molar-refractivity contribution in [3.63, 3.8) is 0 Å². The Morgan fingerprint density at radius 1 is 1.33 bits per heavy atom. The zero-order valence-corrected chi connectivity index (χ0v) is 8.39. The molecule has 0 heterocycles. The fourth-order valence-corrected chi connectivity index (χ4v) is 0.665. The summed E-state index contributed by atoms with van der Waals surface area (Å²) in [6, 6.07) is 0.150. The van der Waals surface area contributed by atoms with Crippen LogP contribution in [-0.4, -0.2) is 18.7 Å². The third-order valence-corrected chi connectivity index (χ3v) is 1.33. The average molecular weight is 173 g/mol. The molecule has 0 unspecified atom stereocenters. The summed E-state index contributed by atoms with van der Waals surface area (Å²) in [5.41, 5.74) is 0. The van der Waals surface area contributed by atoms with Crippen molar-refractivity contribution in [3.8, 4) is 0 Å². The number of hydrogen-bond acceptors (Lipinski definition) is 2. The van der Waals surface area contributed by atoms with Crippen LogP contribution >= 0.6 is 0 Å². The number of carbonyl (C=O) groups is 1. The number of ether oxygens (including phenoxy) is 1. The molecule has 3 heteroatoms. The zero-order valence-electron chi connectivity index (χ0n) is 8.39. The van der Waals surface area contributed by atoms with E-state index in [-0.39, 0.29) is 12.1 Å². The lowest BCUT2D eigenvalue weighted by molar-refractivity contribution is 0.138. The van der Waals surface area contributed by atoms with Crippen LogP contribution < -0.4 is 5.32 Å². The number of alkyl carbamates (subject to hydrolysis) is 1. The second-order valence-corrected chi connectivity index (χ2v) is 3.62. The van der Waals surface area contributed by atoms with E-state index in [1.807, 2.05) is 13.8 Å². The summed E-state index contributed by atoms with van der Waals surface area (Å²) in [6.45, 7) is 8.52. The van der Waals surface area contributed by atoms with Crippen molar-refractivity contribution < 1.29 is 9.53 Å². The van der Waals surface area contributed by atoms with Crippen LogP contribution in [0.1, 0.15) is 34.1 Å². The molecule has 3 nitrogen and oxygen atoms in total. The van der Waals surface area contributed by atoms with Crippen molar-refractivity contribution in [1.29, 1.82) is 0 Å². The molecule has 0 rings (SSSR count). The monoisotopic (exact) mass is 173 g/mol. The molecule has 0 fully saturated rings. The Morgan fingerprint density at radius 3 is 2.33 bits per heavy atom. The lowest BCUT2D eigenvalue weighted by atomic mass is 10.1. The summed E-state index contributed by atoms with van der Waals surface area (Å²) in [7, 11) is 0. The maximum Gasteiger partial charge on any atom is 0.407 e. The van der Waals surface area contributed by atoms with Gasteiger partial charge in [-0.25, -0.2) is 4.79 Å². The van der Waals surface area contributed by atoms with Gasteiger partial charge in [0.2, 0.25) is 0 Å². The summed E-state index contributed by atoms with van der Waals surface area (Å²) in [6.07, 6.45) is 0.608. The van der Waals surface area contributed by atoms with Gasteiger partial charge in [-0.05, 0) is 26.2 Å². The molecule has 0 aliphatic heterocycles. The van der Waals surface area contributed by atoms with Gasteiger partial charge in [-0.3, -0.25) is 0 Å². The largest absolute Gasteiger partial charge is 0.450 e. The van der Waals surface area contributed by atoms with Gasteiger partial charge in [0.15, 0.2) is 0 Å². The molecule has 0 aliphatic carbocycles. The second-order valence-electron chi connectivity index (χ2n) is 3.62. The van der Waals surface area contributed by atoms with Crippen LogP contribution in [0.2, 0.25) is 0 Å². The molecule has 0 spiro atoms. The van der Waals surface area contributed by atoms with Crippen LogP contribution in [0.15, 0.2) is 0 Å². The summed E-state index contributed by atoms with van der Waals surface area (Å²) in [5.74, 6) is 0.580. The molecule has 12 heavy (non-hydrogen) atoms. The van der Waals surface area contributed by atoms with Crippen molar-refractivity contribution >= 4 is 6.09 Å². The quantitative estimate of drug-likeness (QED) is 0.707. The summed E-state index contributed by atoms with van der Waals surface area (Å²) < 4.78 is 4.91. The Bertz CT molecular complexity index is 132. The van der Waals surface area contributed by atoms with Crippen LogP contribution in [0, 0.1) is 5.92 Å². The number of hydrogen-bond donors (Lipinski definition) is 1. The van der Waals surface area contributed by atoms with E-state index >= 15 is 0 Å². The highest BCUT2D eigenvalue weighted by Crippen LogP contribution is 1.98. The van der Waals surface area contributed by atoms with Crippen LogP contribution in [0.3, 0.4) is 0 Å². The first-order valence-electron chi connectivity index (χ1n) is 4.45. The van der Waals surface area contributed by atoms with Gasteiger partial charge >= 0.3 is 6.09 Å². The molecule has 1 amide bonds. The third kappa shape index (κ3) is 7.38. The molecule has 0 radical (unpaired) electrons. The van der Waals surface area contributed by atoms with Crippen LogP contribution in [0.5, 0.6) is 0 Å². The van der Waals surface area contributed by atoms with E-state index in [1.165, 1.54) is 0 Å². The van der Waals surface area contributed by atoms with Crippen LogP contribution in [-0.2, 0) is 4.74 Å². The first-order chi connectivity index (χ1) is 5.52. The lowest BCUT2D eigenvalue weighted by Gasteiger charge is -2.09. The van der Waals surface area contributed by atoms with Gasteiger partial charge < -0.3 is 10.1 Å². The predicted molar refractivity (Wildman–Crippen MR) is 49.1 cm³/mol. The third-order valence-electron chi connectivity index (χ3n) is 1.33. The fraction of sp³-hybridized carbons (Fsp3) is 0.889.